The molecule has 0 aliphatic carbocycles. The van der Waals surface area contributed by atoms with Crippen LogP contribution in [0.1, 0.15) is 31.9 Å². The van der Waals surface area contributed by atoms with Gasteiger partial charge in [-0.15, -0.1) is 11.6 Å². The quantitative estimate of drug-likeness (QED) is 0.381. The zero-order chi connectivity index (χ0) is 24.7. The third-order valence-electron chi connectivity index (χ3n) is 6.10. The van der Waals surface area contributed by atoms with Crippen LogP contribution in [-0.4, -0.2) is 68.1 Å². The molecular weight excluding hydrogens is 497 g/mol. The first-order valence-electron chi connectivity index (χ1n) is 11.6. The summed E-state index contributed by atoms with van der Waals surface area (Å²) < 4.78 is 17.0. The molecule has 1 N–H and O–H groups in total. The molecule has 1 saturated heterocycles. The lowest BCUT2D eigenvalue weighted by Gasteiger charge is -2.29. The minimum Gasteiger partial charge on any atom is -0.493 e. The van der Waals surface area contributed by atoms with Crippen molar-refractivity contribution < 1.29 is 19.3 Å². The number of aliphatic hydroxyl groups is 1. The molecule has 2 atom stereocenters. The number of aliphatic hydroxyl groups excluding tert-OH is 1. The van der Waals surface area contributed by atoms with E-state index in [1.807, 2.05) is 24.3 Å². The Morgan fingerprint density at radius 3 is 2.21 bits per heavy atom. The highest BCUT2D eigenvalue weighted by molar-refractivity contribution is 6.37. The lowest BCUT2D eigenvalue weighted by atomic mass is 9.78. The van der Waals surface area contributed by atoms with Crippen LogP contribution in [0.3, 0.4) is 0 Å². The highest BCUT2D eigenvalue weighted by atomic mass is 35.5. The van der Waals surface area contributed by atoms with Crippen molar-refractivity contribution in [2.45, 2.75) is 32.3 Å². The highest BCUT2D eigenvalue weighted by Gasteiger charge is 2.26. The van der Waals surface area contributed by atoms with Gasteiger partial charge < -0.3 is 19.3 Å². The van der Waals surface area contributed by atoms with Crippen molar-refractivity contribution in [3.05, 3.63) is 57.6 Å². The largest absolute Gasteiger partial charge is 0.493 e. The monoisotopic (exact) mass is 529 g/mol. The van der Waals surface area contributed by atoms with Crippen LogP contribution in [0.15, 0.2) is 36.4 Å². The van der Waals surface area contributed by atoms with Gasteiger partial charge in [-0.2, -0.15) is 0 Å². The summed E-state index contributed by atoms with van der Waals surface area (Å²) >= 11 is 18.6. The number of rotatable bonds is 11. The van der Waals surface area contributed by atoms with Crippen molar-refractivity contribution in [3.8, 4) is 11.5 Å². The fourth-order valence-electron chi connectivity index (χ4n) is 3.93. The molecule has 34 heavy (non-hydrogen) atoms. The van der Waals surface area contributed by atoms with E-state index in [0.29, 0.717) is 28.3 Å². The van der Waals surface area contributed by atoms with Crippen LogP contribution in [0.25, 0.3) is 0 Å². The summed E-state index contributed by atoms with van der Waals surface area (Å²) in [5.74, 6) is 1.71. The van der Waals surface area contributed by atoms with Gasteiger partial charge >= 0.3 is 0 Å². The van der Waals surface area contributed by atoms with Crippen molar-refractivity contribution in [3.63, 3.8) is 0 Å². The molecule has 1 aliphatic rings. The maximum Gasteiger partial charge on any atom is 0.156 e. The van der Waals surface area contributed by atoms with E-state index in [2.05, 4.69) is 37.8 Å². The minimum absolute atomic E-state index is 0.0260. The average Bonchev–Trinajstić information content (AvgIpc) is 2.82. The van der Waals surface area contributed by atoms with Gasteiger partial charge in [0.1, 0.15) is 18.5 Å². The van der Waals surface area contributed by atoms with Crippen LogP contribution in [-0.2, 0) is 10.2 Å². The molecule has 3 rings (SSSR count). The van der Waals surface area contributed by atoms with Gasteiger partial charge in [0, 0.05) is 31.0 Å². The molecule has 1 fully saturated rings. The standard InChI is InChI=1S/C26H34Cl3NO4/c1-18(15-30-8-10-32-11-9-30)16-33-22-6-4-19(5-7-22)26(2,3)20-12-23(28)25(24(29)13-20)34-17-21(31)14-27/h4-7,12-13,18,21,31H,8-11,14-17H2,1-3H3/t18-,21+/m1/s1. The predicted molar refractivity (Wildman–Crippen MR) is 139 cm³/mol. The van der Waals surface area contributed by atoms with Gasteiger partial charge in [-0.3, -0.25) is 4.90 Å². The lowest BCUT2D eigenvalue weighted by molar-refractivity contribution is 0.0283. The SMILES string of the molecule is C[C@@H](COc1ccc(C(C)(C)c2cc(Cl)c(OC[C@@H](O)CCl)c(Cl)c2)cc1)CN1CCOCC1. The minimum atomic E-state index is -0.784. The van der Waals surface area contributed by atoms with Gasteiger partial charge in [-0.25, -0.2) is 0 Å². The Balaban J connectivity index is 1.62. The summed E-state index contributed by atoms with van der Waals surface area (Å²) in [6.45, 7) is 11.8. The Hall–Kier alpha value is -1.21. The summed E-state index contributed by atoms with van der Waals surface area (Å²) in [5, 5.41) is 10.4. The molecule has 1 heterocycles. The van der Waals surface area contributed by atoms with E-state index >= 15 is 0 Å². The topological polar surface area (TPSA) is 51.2 Å². The molecule has 188 valence electrons. The normalized spacial score (nSPS) is 16.8. The fourth-order valence-corrected chi connectivity index (χ4v) is 4.62. The Kier molecular flexibility index (Phi) is 10.2. The Labute approximate surface area is 217 Å². The molecule has 2 aromatic rings. The van der Waals surface area contributed by atoms with Gasteiger partial charge in [0.15, 0.2) is 5.75 Å². The number of alkyl halides is 1. The number of hydrogen-bond donors (Lipinski definition) is 1. The van der Waals surface area contributed by atoms with E-state index < -0.39 is 6.10 Å². The molecule has 0 aromatic heterocycles. The van der Waals surface area contributed by atoms with E-state index in [-0.39, 0.29) is 17.9 Å². The van der Waals surface area contributed by atoms with Gasteiger partial charge in [0.05, 0.1) is 35.7 Å². The second kappa shape index (κ2) is 12.7. The van der Waals surface area contributed by atoms with Crippen LogP contribution >= 0.6 is 34.8 Å². The Morgan fingerprint density at radius 1 is 1.00 bits per heavy atom. The van der Waals surface area contributed by atoms with Crippen molar-refractivity contribution in [1.82, 2.24) is 4.90 Å². The van der Waals surface area contributed by atoms with E-state index in [0.717, 1.165) is 49.7 Å². The van der Waals surface area contributed by atoms with Crippen LogP contribution in [0.2, 0.25) is 10.0 Å². The molecule has 1 aliphatic heterocycles. The van der Waals surface area contributed by atoms with Crippen molar-refractivity contribution in [2.24, 2.45) is 5.92 Å². The van der Waals surface area contributed by atoms with Crippen LogP contribution in [0, 0.1) is 5.92 Å². The maximum absolute atomic E-state index is 9.64. The smallest absolute Gasteiger partial charge is 0.156 e. The van der Waals surface area contributed by atoms with Gasteiger partial charge in [-0.05, 0) is 35.4 Å². The average molecular weight is 531 g/mol. The van der Waals surface area contributed by atoms with E-state index in [1.165, 1.54) is 0 Å². The maximum atomic E-state index is 9.64. The number of ether oxygens (including phenoxy) is 3. The molecule has 0 unspecified atom stereocenters. The summed E-state index contributed by atoms with van der Waals surface area (Å²) in [4.78, 5) is 2.43. The molecule has 0 bridgehead atoms. The van der Waals surface area contributed by atoms with Crippen LogP contribution in [0.5, 0.6) is 11.5 Å². The number of hydrogen-bond acceptors (Lipinski definition) is 5. The van der Waals surface area contributed by atoms with Crippen LogP contribution in [0.4, 0.5) is 0 Å². The van der Waals surface area contributed by atoms with Crippen molar-refractivity contribution in [1.29, 1.82) is 0 Å². The first kappa shape index (κ1) is 27.4. The van der Waals surface area contributed by atoms with E-state index in [9.17, 15) is 5.11 Å². The fraction of sp³-hybridized carbons (Fsp3) is 0.538. The number of morpholine rings is 1. The summed E-state index contributed by atoms with van der Waals surface area (Å²) in [6.07, 6.45) is -0.784. The first-order chi connectivity index (χ1) is 16.2. The van der Waals surface area contributed by atoms with Crippen molar-refractivity contribution in [2.75, 3.05) is 51.9 Å². The van der Waals surface area contributed by atoms with Gasteiger partial charge in [0.2, 0.25) is 0 Å². The van der Waals surface area contributed by atoms with Crippen LogP contribution < -0.4 is 9.47 Å². The molecule has 0 radical (unpaired) electrons. The number of halogens is 3. The zero-order valence-electron chi connectivity index (χ0n) is 20.0. The molecule has 8 heteroatoms. The third kappa shape index (κ3) is 7.39. The number of nitrogens with zero attached hydrogens (tertiary/aromatic N) is 1. The Morgan fingerprint density at radius 2 is 1.62 bits per heavy atom. The third-order valence-corrected chi connectivity index (χ3v) is 7.02. The van der Waals surface area contributed by atoms with E-state index in [1.54, 1.807) is 0 Å². The zero-order valence-corrected chi connectivity index (χ0v) is 22.3. The van der Waals surface area contributed by atoms with E-state index in [4.69, 9.17) is 49.0 Å². The summed E-state index contributed by atoms with van der Waals surface area (Å²) in [6, 6.07) is 11.9. The highest BCUT2D eigenvalue weighted by Crippen LogP contribution is 2.40. The molecule has 2 aromatic carbocycles. The van der Waals surface area contributed by atoms with Crippen molar-refractivity contribution >= 4 is 34.8 Å². The molecule has 0 spiro atoms. The second-order valence-corrected chi connectivity index (χ2v) is 10.5. The molecule has 0 saturated carbocycles. The second-order valence-electron chi connectivity index (χ2n) is 9.37. The van der Waals surface area contributed by atoms with Gasteiger partial charge in [0.25, 0.3) is 0 Å². The lowest BCUT2D eigenvalue weighted by Crippen LogP contribution is -2.39. The number of benzene rings is 2. The molecular formula is C26H34Cl3NO4. The summed E-state index contributed by atoms with van der Waals surface area (Å²) in [7, 11) is 0. The molecule has 5 nitrogen and oxygen atoms in total. The Bertz CT molecular complexity index is 894. The molecule has 0 amide bonds. The van der Waals surface area contributed by atoms with Gasteiger partial charge in [-0.1, -0.05) is 56.1 Å². The summed E-state index contributed by atoms with van der Waals surface area (Å²) in [5.41, 5.74) is 1.73. The predicted octanol–water partition coefficient (Wildman–Crippen LogP) is 5.64. The first-order valence-corrected chi connectivity index (χ1v) is 12.9.